The summed E-state index contributed by atoms with van der Waals surface area (Å²) in [4.78, 5) is 17.1. The molecule has 0 aliphatic heterocycles. The van der Waals surface area contributed by atoms with E-state index in [1.807, 2.05) is 54.7 Å². The Morgan fingerprint density at radius 2 is 1.85 bits per heavy atom. The molecule has 4 rings (SSSR count). The van der Waals surface area contributed by atoms with Crippen molar-refractivity contribution < 1.29 is 9.53 Å². The van der Waals surface area contributed by atoms with Gasteiger partial charge in [0, 0.05) is 17.3 Å². The van der Waals surface area contributed by atoms with E-state index in [-0.39, 0.29) is 5.91 Å². The Morgan fingerprint density at radius 1 is 1.07 bits per heavy atom. The van der Waals surface area contributed by atoms with Gasteiger partial charge in [0.1, 0.15) is 17.1 Å². The summed E-state index contributed by atoms with van der Waals surface area (Å²) < 4.78 is 7.20. The van der Waals surface area contributed by atoms with E-state index in [0.717, 1.165) is 16.9 Å². The number of methoxy groups -OCH3 is 1. The summed E-state index contributed by atoms with van der Waals surface area (Å²) in [5.74, 6) is 0.479. The van der Waals surface area contributed by atoms with Crippen LogP contribution in [0.5, 0.6) is 5.75 Å². The first-order valence-corrected chi connectivity index (χ1v) is 8.71. The second-order valence-corrected chi connectivity index (χ2v) is 6.33. The molecule has 6 heteroatoms. The molecule has 0 aliphatic carbocycles. The third-order valence-electron chi connectivity index (χ3n) is 4.28. The van der Waals surface area contributed by atoms with E-state index in [2.05, 4.69) is 10.3 Å². The van der Waals surface area contributed by atoms with Crippen LogP contribution in [0.2, 0.25) is 5.02 Å². The third kappa shape index (κ3) is 3.25. The molecule has 134 valence electrons. The molecule has 0 radical (unpaired) electrons. The average molecular weight is 378 g/mol. The Hall–Kier alpha value is -3.31. The van der Waals surface area contributed by atoms with Gasteiger partial charge < -0.3 is 10.1 Å². The lowest BCUT2D eigenvalue weighted by molar-refractivity contribution is 0.102. The van der Waals surface area contributed by atoms with Crippen LogP contribution in [0.3, 0.4) is 0 Å². The van der Waals surface area contributed by atoms with Gasteiger partial charge in [0.2, 0.25) is 0 Å². The molecule has 1 amide bonds. The normalized spacial score (nSPS) is 10.7. The number of carbonyl (C=O) groups is 1. The first kappa shape index (κ1) is 17.1. The number of hydrogen-bond acceptors (Lipinski definition) is 3. The van der Waals surface area contributed by atoms with Crippen molar-refractivity contribution in [3.63, 3.8) is 0 Å². The molecule has 5 nitrogen and oxygen atoms in total. The number of imidazole rings is 1. The van der Waals surface area contributed by atoms with Gasteiger partial charge in [0.05, 0.1) is 24.0 Å². The Morgan fingerprint density at radius 3 is 2.67 bits per heavy atom. The highest BCUT2D eigenvalue weighted by atomic mass is 35.5. The predicted molar refractivity (Wildman–Crippen MR) is 107 cm³/mol. The Balaban J connectivity index is 1.74. The van der Waals surface area contributed by atoms with Crippen molar-refractivity contribution in [3.8, 4) is 16.9 Å². The molecule has 0 spiro atoms. The fraction of sp³-hybridized carbons (Fsp3) is 0.0476. The summed E-state index contributed by atoms with van der Waals surface area (Å²) in [7, 11) is 1.64. The first-order chi connectivity index (χ1) is 13.2. The number of pyridine rings is 1. The summed E-state index contributed by atoms with van der Waals surface area (Å²) in [6, 6.07) is 18.7. The van der Waals surface area contributed by atoms with Crippen LogP contribution in [0.25, 0.3) is 16.8 Å². The monoisotopic (exact) mass is 377 g/mol. The van der Waals surface area contributed by atoms with Crippen molar-refractivity contribution in [2.45, 2.75) is 0 Å². The number of para-hydroxylation sites is 2. The van der Waals surface area contributed by atoms with Crippen molar-refractivity contribution in [3.05, 3.63) is 83.8 Å². The fourth-order valence-electron chi connectivity index (χ4n) is 2.94. The van der Waals surface area contributed by atoms with Gasteiger partial charge in [-0.15, -0.1) is 0 Å². The van der Waals surface area contributed by atoms with E-state index in [1.54, 1.807) is 29.8 Å². The molecular formula is C21H16ClN3O2. The molecule has 27 heavy (non-hydrogen) atoms. The Labute approximate surface area is 161 Å². The minimum Gasteiger partial charge on any atom is -0.496 e. The molecule has 0 aliphatic rings. The molecule has 0 fully saturated rings. The maximum absolute atomic E-state index is 12.8. The molecule has 0 unspecified atom stereocenters. The summed E-state index contributed by atoms with van der Waals surface area (Å²) in [6.45, 7) is 0. The number of halogens is 1. The maximum Gasteiger partial charge on any atom is 0.274 e. The SMILES string of the molecule is COc1ccccc1-c1ccc2ncc(C(=O)Nc3ccccc3Cl)n2c1. The summed E-state index contributed by atoms with van der Waals surface area (Å²) >= 11 is 6.14. The van der Waals surface area contributed by atoms with Gasteiger partial charge in [-0.25, -0.2) is 4.98 Å². The molecule has 2 aromatic carbocycles. The number of amides is 1. The van der Waals surface area contributed by atoms with Gasteiger partial charge in [0.25, 0.3) is 5.91 Å². The number of rotatable bonds is 4. The van der Waals surface area contributed by atoms with E-state index in [9.17, 15) is 4.79 Å². The van der Waals surface area contributed by atoms with Gasteiger partial charge in [-0.05, 0) is 30.3 Å². The summed E-state index contributed by atoms with van der Waals surface area (Å²) in [5, 5.41) is 3.31. The van der Waals surface area contributed by atoms with Crippen LogP contribution in [-0.2, 0) is 0 Å². The number of aromatic nitrogens is 2. The zero-order valence-corrected chi connectivity index (χ0v) is 15.3. The van der Waals surface area contributed by atoms with Crippen LogP contribution in [-0.4, -0.2) is 22.4 Å². The number of ether oxygens (including phenoxy) is 1. The number of nitrogens with zero attached hydrogens (tertiary/aromatic N) is 2. The maximum atomic E-state index is 12.8. The van der Waals surface area contributed by atoms with Crippen LogP contribution in [0.4, 0.5) is 5.69 Å². The fourth-order valence-corrected chi connectivity index (χ4v) is 3.12. The highest BCUT2D eigenvalue weighted by molar-refractivity contribution is 6.33. The number of hydrogen-bond donors (Lipinski definition) is 1. The van der Waals surface area contributed by atoms with Gasteiger partial charge in [-0.1, -0.05) is 41.9 Å². The lowest BCUT2D eigenvalue weighted by Crippen LogP contribution is -2.14. The van der Waals surface area contributed by atoms with Crippen LogP contribution < -0.4 is 10.1 Å². The second kappa shape index (κ2) is 7.13. The zero-order chi connectivity index (χ0) is 18.8. The van der Waals surface area contributed by atoms with Crippen LogP contribution >= 0.6 is 11.6 Å². The van der Waals surface area contributed by atoms with E-state index in [0.29, 0.717) is 22.1 Å². The van der Waals surface area contributed by atoms with Crippen LogP contribution in [0, 0.1) is 0 Å². The Kier molecular flexibility index (Phi) is 4.52. The largest absolute Gasteiger partial charge is 0.496 e. The molecule has 0 atom stereocenters. The number of nitrogens with one attached hydrogen (secondary N) is 1. The van der Waals surface area contributed by atoms with E-state index in [4.69, 9.17) is 16.3 Å². The van der Waals surface area contributed by atoms with Gasteiger partial charge >= 0.3 is 0 Å². The molecule has 4 aromatic rings. The topological polar surface area (TPSA) is 55.6 Å². The zero-order valence-electron chi connectivity index (χ0n) is 14.5. The second-order valence-electron chi connectivity index (χ2n) is 5.92. The minimum atomic E-state index is -0.284. The van der Waals surface area contributed by atoms with Crippen molar-refractivity contribution in [2.24, 2.45) is 0 Å². The molecule has 2 heterocycles. The van der Waals surface area contributed by atoms with Gasteiger partial charge in [-0.2, -0.15) is 0 Å². The highest BCUT2D eigenvalue weighted by Gasteiger charge is 2.15. The Bertz CT molecular complexity index is 1140. The van der Waals surface area contributed by atoms with Gasteiger partial charge in [-0.3, -0.25) is 9.20 Å². The standard InChI is InChI=1S/C21H16ClN3O2/c1-27-19-9-5-2-6-15(19)14-10-11-20-23-12-18(25(20)13-14)21(26)24-17-8-4-3-7-16(17)22/h2-13H,1H3,(H,24,26). The minimum absolute atomic E-state index is 0.284. The number of benzene rings is 2. The van der Waals surface area contributed by atoms with Crippen molar-refractivity contribution >= 4 is 28.8 Å². The quantitative estimate of drug-likeness (QED) is 0.549. The average Bonchev–Trinajstić information content (AvgIpc) is 3.13. The van der Waals surface area contributed by atoms with E-state index < -0.39 is 0 Å². The third-order valence-corrected chi connectivity index (χ3v) is 4.61. The molecule has 2 aromatic heterocycles. The molecule has 0 saturated carbocycles. The van der Waals surface area contributed by atoms with Crippen molar-refractivity contribution in [1.29, 1.82) is 0 Å². The predicted octanol–water partition coefficient (Wildman–Crippen LogP) is 4.92. The van der Waals surface area contributed by atoms with Crippen molar-refractivity contribution in [1.82, 2.24) is 9.38 Å². The molecule has 0 saturated heterocycles. The molecular weight excluding hydrogens is 362 g/mol. The summed E-state index contributed by atoms with van der Waals surface area (Å²) in [6.07, 6.45) is 3.43. The molecule has 0 bridgehead atoms. The van der Waals surface area contributed by atoms with E-state index in [1.165, 1.54) is 0 Å². The van der Waals surface area contributed by atoms with Crippen LogP contribution in [0.1, 0.15) is 10.5 Å². The summed E-state index contributed by atoms with van der Waals surface area (Å²) in [5.41, 5.74) is 3.51. The van der Waals surface area contributed by atoms with Crippen LogP contribution in [0.15, 0.2) is 73.1 Å². The molecule has 1 N–H and O–H groups in total. The van der Waals surface area contributed by atoms with E-state index >= 15 is 0 Å². The highest BCUT2D eigenvalue weighted by Crippen LogP contribution is 2.30. The number of fused-ring (bicyclic) bond motifs is 1. The first-order valence-electron chi connectivity index (χ1n) is 8.34. The lowest BCUT2D eigenvalue weighted by atomic mass is 10.1. The lowest BCUT2D eigenvalue weighted by Gasteiger charge is -2.10. The van der Waals surface area contributed by atoms with Gasteiger partial charge in [0.15, 0.2) is 0 Å². The smallest absolute Gasteiger partial charge is 0.274 e. The number of carbonyl (C=O) groups excluding carboxylic acids is 1. The number of anilines is 1. The van der Waals surface area contributed by atoms with Crippen molar-refractivity contribution in [2.75, 3.05) is 12.4 Å².